The first-order chi connectivity index (χ1) is 10.5. The van der Waals surface area contributed by atoms with Gasteiger partial charge < -0.3 is 13.8 Å². The quantitative estimate of drug-likeness (QED) is 0.709. The molecule has 0 fully saturated rings. The molecule has 0 bridgehead atoms. The first kappa shape index (κ1) is 19.4. The van der Waals surface area contributed by atoms with Gasteiger partial charge in [0, 0.05) is 25.6 Å². The molecule has 1 aromatic rings. The van der Waals surface area contributed by atoms with E-state index in [2.05, 4.69) is 0 Å². The summed E-state index contributed by atoms with van der Waals surface area (Å²) in [7, 11) is -1.99. The van der Waals surface area contributed by atoms with Gasteiger partial charge in [-0.1, -0.05) is 32.9 Å². The van der Waals surface area contributed by atoms with Crippen molar-refractivity contribution in [2.75, 3.05) is 26.5 Å². The molecule has 0 aliphatic heterocycles. The van der Waals surface area contributed by atoms with Crippen molar-refractivity contribution in [3.63, 3.8) is 0 Å². The average molecular weight is 343 g/mol. The number of ether oxygens (including phenoxy) is 1. The summed E-state index contributed by atoms with van der Waals surface area (Å²) < 4.78 is 32.4. The van der Waals surface area contributed by atoms with Crippen LogP contribution in [0, 0.1) is 5.41 Å². The van der Waals surface area contributed by atoms with Crippen molar-refractivity contribution in [1.82, 2.24) is 4.90 Å². The molecule has 130 valence electrons. The highest BCUT2D eigenvalue weighted by atomic mass is 32.2. The van der Waals surface area contributed by atoms with Crippen LogP contribution in [0.1, 0.15) is 26.3 Å². The average Bonchev–Trinajstić information content (AvgIpc) is 2.40. The molecule has 0 aromatic heterocycles. The topological polar surface area (TPSA) is 72.9 Å². The first-order valence-corrected chi connectivity index (χ1v) is 9.11. The zero-order chi connectivity index (χ0) is 17.7. The van der Waals surface area contributed by atoms with E-state index >= 15 is 0 Å². The third-order valence-corrected chi connectivity index (χ3v) is 3.51. The molecule has 7 heteroatoms. The molecule has 1 rings (SSSR count). The van der Waals surface area contributed by atoms with E-state index in [4.69, 9.17) is 8.92 Å². The molecular formula is C16H25NO5S. The van der Waals surface area contributed by atoms with Crippen LogP contribution in [0.4, 0.5) is 0 Å². The fourth-order valence-corrected chi connectivity index (χ4v) is 2.47. The first-order valence-electron chi connectivity index (χ1n) is 7.29. The van der Waals surface area contributed by atoms with E-state index in [0.717, 1.165) is 11.8 Å². The molecule has 0 radical (unpaired) electrons. The van der Waals surface area contributed by atoms with Crippen molar-refractivity contribution >= 4 is 16.0 Å². The highest BCUT2D eigenvalue weighted by Crippen LogP contribution is 2.21. The molecule has 0 saturated carbocycles. The van der Waals surface area contributed by atoms with E-state index in [-0.39, 0.29) is 11.7 Å². The lowest BCUT2D eigenvalue weighted by atomic mass is 9.94. The van der Waals surface area contributed by atoms with Crippen LogP contribution in [0.25, 0.3) is 0 Å². The number of amides is 1. The van der Waals surface area contributed by atoms with Gasteiger partial charge in [0.25, 0.3) is 0 Å². The number of carbonyl (C=O) groups excluding carboxylic acids is 1. The van der Waals surface area contributed by atoms with Gasteiger partial charge in [0.05, 0.1) is 12.9 Å². The second kappa shape index (κ2) is 7.79. The number of benzene rings is 1. The molecule has 0 spiro atoms. The molecule has 0 unspecified atom stereocenters. The van der Waals surface area contributed by atoms with E-state index in [0.29, 0.717) is 19.7 Å². The lowest BCUT2D eigenvalue weighted by Gasteiger charge is -2.29. The Morgan fingerprint density at radius 1 is 1.26 bits per heavy atom. The van der Waals surface area contributed by atoms with Crippen molar-refractivity contribution in [1.29, 1.82) is 0 Å². The molecule has 23 heavy (non-hydrogen) atoms. The Morgan fingerprint density at radius 2 is 1.91 bits per heavy atom. The second-order valence-corrected chi connectivity index (χ2v) is 7.98. The van der Waals surface area contributed by atoms with Crippen molar-refractivity contribution in [3.8, 4) is 5.75 Å². The fraction of sp³-hybridized carbons (Fsp3) is 0.562. The van der Waals surface area contributed by atoms with Crippen molar-refractivity contribution in [2.24, 2.45) is 5.41 Å². The monoisotopic (exact) mass is 343 g/mol. The van der Waals surface area contributed by atoms with Crippen molar-refractivity contribution in [2.45, 2.75) is 27.3 Å². The molecule has 0 aliphatic carbocycles. The Morgan fingerprint density at radius 3 is 2.43 bits per heavy atom. The molecule has 0 heterocycles. The summed E-state index contributed by atoms with van der Waals surface area (Å²) in [5.41, 5.74) is 0.286. The van der Waals surface area contributed by atoms with Crippen LogP contribution in [0.15, 0.2) is 24.3 Å². The van der Waals surface area contributed by atoms with Gasteiger partial charge in [-0.25, -0.2) is 0 Å². The molecule has 6 nitrogen and oxygen atoms in total. The van der Waals surface area contributed by atoms with Gasteiger partial charge in [0.1, 0.15) is 5.75 Å². The van der Waals surface area contributed by atoms with Crippen LogP contribution in [-0.2, 0) is 26.2 Å². The van der Waals surface area contributed by atoms with Gasteiger partial charge in [-0.15, -0.1) is 0 Å². The van der Waals surface area contributed by atoms with Crippen LogP contribution in [0.2, 0.25) is 0 Å². The summed E-state index contributed by atoms with van der Waals surface area (Å²) in [5, 5.41) is 0. The normalized spacial score (nSPS) is 12.0. The highest BCUT2D eigenvalue weighted by Gasteiger charge is 2.27. The Balaban J connectivity index is 2.95. The van der Waals surface area contributed by atoms with Gasteiger partial charge in [-0.3, -0.25) is 4.79 Å². The van der Waals surface area contributed by atoms with Gasteiger partial charge in [-0.2, -0.15) is 8.42 Å². The number of hydrogen-bond donors (Lipinski definition) is 0. The van der Waals surface area contributed by atoms with Gasteiger partial charge in [-0.05, 0) is 17.7 Å². The Kier molecular flexibility index (Phi) is 6.58. The molecule has 0 atom stereocenters. The Bertz CT molecular complexity index is 634. The van der Waals surface area contributed by atoms with Crippen LogP contribution < -0.4 is 4.18 Å². The van der Waals surface area contributed by atoms with Crippen LogP contribution in [0.5, 0.6) is 5.75 Å². The van der Waals surface area contributed by atoms with Crippen molar-refractivity contribution in [3.05, 3.63) is 29.8 Å². The predicted octanol–water partition coefficient (Wildman–Crippen LogP) is 2.05. The van der Waals surface area contributed by atoms with Crippen LogP contribution >= 0.6 is 0 Å². The maximum atomic E-state index is 12.5. The van der Waals surface area contributed by atoms with E-state index in [9.17, 15) is 13.2 Å². The number of methoxy groups -OCH3 is 1. The summed E-state index contributed by atoms with van der Waals surface area (Å²) in [5.74, 6) is 0.240. The number of carbonyl (C=O) groups is 1. The third-order valence-electron chi connectivity index (χ3n) is 3.01. The van der Waals surface area contributed by atoms with Crippen LogP contribution in [0.3, 0.4) is 0 Å². The minimum atomic E-state index is -3.58. The SMILES string of the molecule is COCCN(Cc1cccc(OS(C)(=O)=O)c1)C(=O)C(C)(C)C. The summed E-state index contributed by atoms with van der Waals surface area (Å²) >= 11 is 0. The van der Waals surface area contributed by atoms with Gasteiger partial charge in [0.15, 0.2) is 0 Å². The highest BCUT2D eigenvalue weighted by molar-refractivity contribution is 7.86. The summed E-state index contributed by atoms with van der Waals surface area (Å²) in [4.78, 5) is 14.2. The lowest BCUT2D eigenvalue weighted by Crippen LogP contribution is -2.40. The zero-order valence-electron chi connectivity index (χ0n) is 14.3. The van der Waals surface area contributed by atoms with E-state index in [1.165, 1.54) is 0 Å². The molecule has 1 amide bonds. The summed E-state index contributed by atoms with van der Waals surface area (Å²) in [6.07, 6.45) is 0.994. The van der Waals surface area contributed by atoms with E-state index in [1.54, 1.807) is 30.2 Å². The molecular weight excluding hydrogens is 318 g/mol. The minimum absolute atomic E-state index is 0.00369. The Hall–Kier alpha value is -1.60. The summed E-state index contributed by atoms with van der Waals surface area (Å²) in [6, 6.07) is 6.71. The van der Waals surface area contributed by atoms with Gasteiger partial charge in [0.2, 0.25) is 5.91 Å². The third kappa shape index (κ3) is 7.00. The zero-order valence-corrected chi connectivity index (χ0v) is 15.1. The van der Waals surface area contributed by atoms with E-state index < -0.39 is 15.5 Å². The maximum absolute atomic E-state index is 12.5. The second-order valence-electron chi connectivity index (χ2n) is 6.40. The predicted molar refractivity (Wildman–Crippen MR) is 88.7 cm³/mol. The standard InChI is InChI=1S/C16H25NO5S/c1-16(2,3)15(18)17(9-10-21-4)12-13-7-6-8-14(11-13)22-23(5,19)20/h6-8,11H,9-10,12H2,1-5H3. The number of nitrogens with zero attached hydrogens (tertiary/aromatic N) is 1. The molecule has 0 N–H and O–H groups in total. The van der Waals surface area contributed by atoms with Crippen LogP contribution in [-0.4, -0.2) is 45.7 Å². The fourth-order valence-electron chi connectivity index (χ4n) is 2.02. The molecule has 0 saturated heterocycles. The molecule has 1 aromatic carbocycles. The minimum Gasteiger partial charge on any atom is -0.383 e. The largest absolute Gasteiger partial charge is 0.383 e. The Labute approximate surface area is 138 Å². The van der Waals surface area contributed by atoms with Crippen molar-refractivity contribution < 1.29 is 22.1 Å². The lowest BCUT2D eigenvalue weighted by molar-refractivity contribution is -0.140. The maximum Gasteiger partial charge on any atom is 0.306 e. The number of hydrogen-bond acceptors (Lipinski definition) is 5. The number of rotatable bonds is 7. The summed E-state index contributed by atoms with van der Waals surface area (Å²) in [6.45, 7) is 6.83. The smallest absolute Gasteiger partial charge is 0.306 e. The van der Waals surface area contributed by atoms with E-state index in [1.807, 2.05) is 26.8 Å². The van der Waals surface area contributed by atoms with Gasteiger partial charge >= 0.3 is 10.1 Å². The molecule has 0 aliphatic rings.